The van der Waals surface area contributed by atoms with Crippen LogP contribution >= 0.6 is 23.2 Å². The van der Waals surface area contributed by atoms with Crippen molar-refractivity contribution < 1.29 is 0 Å². The van der Waals surface area contributed by atoms with Crippen LogP contribution in [0.2, 0.25) is 0 Å². The summed E-state index contributed by atoms with van der Waals surface area (Å²) in [6.45, 7) is 7.42. The molecule has 0 radical (unpaired) electrons. The molecule has 0 aromatic carbocycles. The van der Waals surface area contributed by atoms with Crippen LogP contribution in [0.5, 0.6) is 0 Å². The van der Waals surface area contributed by atoms with Crippen molar-refractivity contribution in [2.24, 2.45) is 5.92 Å². The van der Waals surface area contributed by atoms with Crippen LogP contribution < -0.4 is 0 Å². The van der Waals surface area contributed by atoms with Gasteiger partial charge < -0.3 is 0 Å². The van der Waals surface area contributed by atoms with Gasteiger partial charge in [0.25, 0.3) is 0 Å². The van der Waals surface area contributed by atoms with E-state index < -0.39 is 0 Å². The molecular formula is C9H15Cl2N. The molecule has 1 rings (SSSR count). The highest BCUT2D eigenvalue weighted by molar-refractivity contribution is 6.39. The smallest absolute Gasteiger partial charge is 0.0466 e. The van der Waals surface area contributed by atoms with Crippen LogP contribution in [-0.4, -0.2) is 24.5 Å². The van der Waals surface area contributed by atoms with E-state index in [9.17, 15) is 0 Å². The molecule has 0 fully saturated rings. The maximum Gasteiger partial charge on any atom is 0.0466 e. The van der Waals surface area contributed by atoms with Crippen LogP contribution in [0, 0.1) is 5.92 Å². The summed E-state index contributed by atoms with van der Waals surface area (Å²) in [5.74, 6) is 0.700. The molecule has 0 aliphatic carbocycles. The second-order valence-electron chi connectivity index (χ2n) is 3.69. The quantitative estimate of drug-likeness (QED) is 0.674. The maximum atomic E-state index is 5.95. The highest BCUT2D eigenvalue weighted by Crippen LogP contribution is 2.24. The minimum Gasteiger partial charge on any atom is -0.298 e. The summed E-state index contributed by atoms with van der Waals surface area (Å²) >= 11 is 11.8. The average Bonchev–Trinajstić information content (AvgIpc) is 1.96. The molecule has 0 aromatic heterocycles. The maximum absolute atomic E-state index is 5.95. The van der Waals surface area contributed by atoms with Gasteiger partial charge in [-0.1, -0.05) is 37.0 Å². The Hall–Kier alpha value is 0.280. The molecule has 0 aromatic rings. The van der Waals surface area contributed by atoms with E-state index in [1.54, 1.807) is 0 Å². The average molecular weight is 208 g/mol. The molecular weight excluding hydrogens is 193 g/mol. The first-order chi connectivity index (χ1) is 5.59. The summed E-state index contributed by atoms with van der Waals surface area (Å²) in [5, 5.41) is 1.67. The Labute approximate surface area is 84.3 Å². The van der Waals surface area contributed by atoms with E-state index in [0.717, 1.165) is 36.1 Å². The molecule has 1 heterocycles. The Bertz CT molecular complexity index is 187. The van der Waals surface area contributed by atoms with E-state index in [4.69, 9.17) is 23.2 Å². The zero-order valence-electron chi connectivity index (χ0n) is 7.61. The molecule has 0 bridgehead atoms. The molecule has 0 spiro atoms. The molecule has 0 saturated heterocycles. The molecule has 0 atom stereocenters. The predicted molar refractivity (Wildman–Crippen MR) is 54.6 cm³/mol. The molecule has 12 heavy (non-hydrogen) atoms. The van der Waals surface area contributed by atoms with Crippen molar-refractivity contribution in [2.75, 3.05) is 19.6 Å². The summed E-state index contributed by atoms with van der Waals surface area (Å²) < 4.78 is 0. The van der Waals surface area contributed by atoms with Crippen molar-refractivity contribution in [1.82, 2.24) is 4.90 Å². The fourth-order valence-corrected chi connectivity index (χ4v) is 1.83. The largest absolute Gasteiger partial charge is 0.298 e. The fourth-order valence-electron chi connectivity index (χ4n) is 1.43. The van der Waals surface area contributed by atoms with Crippen LogP contribution in [0.4, 0.5) is 0 Å². The van der Waals surface area contributed by atoms with Crippen LogP contribution in [0.15, 0.2) is 10.1 Å². The minimum atomic E-state index is 0.700. The molecule has 0 N–H and O–H groups in total. The van der Waals surface area contributed by atoms with Crippen molar-refractivity contribution in [1.29, 1.82) is 0 Å². The molecule has 1 aliphatic rings. The van der Waals surface area contributed by atoms with Gasteiger partial charge >= 0.3 is 0 Å². The molecule has 0 amide bonds. The first-order valence-corrected chi connectivity index (χ1v) is 5.10. The van der Waals surface area contributed by atoms with Crippen molar-refractivity contribution in [3.8, 4) is 0 Å². The summed E-state index contributed by atoms with van der Waals surface area (Å²) in [7, 11) is 0. The third kappa shape index (κ3) is 2.96. The van der Waals surface area contributed by atoms with Gasteiger partial charge in [-0.25, -0.2) is 0 Å². The minimum absolute atomic E-state index is 0.700. The van der Waals surface area contributed by atoms with Crippen molar-refractivity contribution in [3.63, 3.8) is 0 Å². The Morgan fingerprint density at radius 3 is 2.50 bits per heavy atom. The van der Waals surface area contributed by atoms with E-state index in [1.165, 1.54) is 0 Å². The molecule has 0 unspecified atom stereocenters. The Balaban J connectivity index is 2.44. The molecule has 1 nitrogen and oxygen atoms in total. The van der Waals surface area contributed by atoms with Crippen LogP contribution in [0.3, 0.4) is 0 Å². The number of halogens is 2. The third-order valence-electron chi connectivity index (χ3n) is 1.93. The normalized spacial score (nSPS) is 20.8. The Morgan fingerprint density at radius 1 is 1.33 bits per heavy atom. The monoisotopic (exact) mass is 207 g/mol. The van der Waals surface area contributed by atoms with Crippen LogP contribution in [0.1, 0.15) is 20.3 Å². The Morgan fingerprint density at radius 2 is 2.00 bits per heavy atom. The molecule has 1 aliphatic heterocycles. The van der Waals surface area contributed by atoms with E-state index in [0.29, 0.717) is 5.92 Å². The van der Waals surface area contributed by atoms with Gasteiger partial charge in [0.05, 0.1) is 0 Å². The number of hydrogen-bond donors (Lipinski definition) is 0. The fraction of sp³-hybridized carbons (Fsp3) is 0.778. The van der Waals surface area contributed by atoms with E-state index in [2.05, 4.69) is 18.7 Å². The number of nitrogens with zero attached hydrogens (tertiary/aromatic N) is 1. The first kappa shape index (κ1) is 10.4. The zero-order valence-corrected chi connectivity index (χ0v) is 9.12. The summed E-state index contributed by atoms with van der Waals surface area (Å²) in [5.41, 5.74) is 0. The van der Waals surface area contributed by atoms with Gasteiger partial charge in [-0.2, -0.15) is 0 Å². The van der Waals surface area contributed by atoms with E-state index in [1.807, 2.05) is 0 Å². The molecule has 70 valence electrons. The lowest BCUT2D eigenvalue weighted by atomic mass is 10.1. The highest BCUT2D eigenvalue weighted by atomic mass is 35.5. The number of hydrogen-bond acceptors (Lipinski definition) is 1. The second kappa shape index (κ2) is 4.50. The van der Waals surface area contributed by atoms with Gasteiger partial charge in [0, 0.05) is 29.7 Å². The highest BCUT2D eigenvalue weighted by Gasteiger charge is 2.16. The molecule has 0 saturated carbocycles. The number of rotatable bonds is 2. The van der Waals surface area contributed by atoms with Gasteiger partial charge in [-0.05, 0) is 12.3 Å². The molecule has 3 heteroatoms. The SMILES string of the molecule is CC(C)CN1CCC(Cl)=C(Cl)C1. The predicted octanol–water partition coefficient (Wildman–Crippen LogP) is 3.04. The van der Waals surface area contributed by atoms with Gasteiger partial charge in [0.2, 0.25) is 0 Å². The van der Waals surface area contributed by atoms with E-state index in [-0.39, 0.29) is 0 Å². The zero-order chi connectivity index (χ0) is 9.14. The van der Waals surface area contributed by atoms with Crippen LogP contribution in [0.25, 0.3) is 0 Å². The van der Waals surface area contributed by atoms with E-state index >= 15 is 0 Å². The van der Waals surface area contributed by atoms with Crippen molar-refractivity contribution in [3.05, 3.63) is 10.1 Å². The topological polar surface area (TPSA) is 3.24 Å². The van der Waals surface area contributed by atoms with Crippen LogP contribution in [-0.2, 0) is 0 Å². The summed E-state index contributed by atoms with van der Waals surface area (Å²) in [4.78, 5) is 2.35. The van der Waals surface area contributed by atoms with Gasteiger partial charge in [0.1, 0.15) is 0 Å². The summed E-state index contributed by atoms with van der Waals surface area (Å²) in [6, 6.07) is 0. The van der Waals surface area contributed by atoms with Gasteiger partial charge in [0.15, 0.2) is 0 Å². The summed E-state index contributed by atoms with van der Waals surface area (Å²) in [6.07, 6.45) is 0.910. The third-order valence-corrected chi connectivity index (χ3v) is 2.79. The lowest BCUT2D eigenvalue weighted by molar-refractivity contribution is 0.261. The lowest BCUT2D eigenvalue weighted by Gasteiger charge is -2.27. The lowest BCUT2D eigenvalue weighted by Crippen LogP contribution is -2.33. The second-order valence-corrected chi connectivity index (χ2v) is 4.60. The van der Waals surface area contributed by atoms with Gasteiger partial charge in [-0.15, -0.1) is 0 Å². The van der Waals surface area contributed by atoms with Gasteiger partial charge in [-0.3, -0.25) is 4.90 Å². The first-order valence-electron chi connectivity index (χ1n) is 4.35. The standard InChI is InChI=1S/C9H15Cl2N/c1-7(2)5-12-4-3-8(10)9(11)6-12/h7H,3-6H2,1-2H3. The van der Waals surface area contributed by atoms with Crippen molar-refractivity contribution in [2.45, 2.75) is 20.3 Å². The van der Waals surface area contributed by atoms with Crippen molar-refractivity contribution >= 4 is 23.2 Å². The Kier molecular flexibility index (Phi) is 3.88.